The van der Waals surface area contributed by atoms with Gasteiger partial charge in [-0.25, -0.2) is 0 Å². The first-order valence-corrected chi connectivity index (χ1v) is 19.4. The predicted molar refractivity (Wildman–Crippen MR) is 202 cm³/mol. The van der Waals surface area contributed by atoms with Crippen LogP contribution in [-0.2, 0) is 26.9 Å². The highest BCUT2D eigenvalue weighted by atomic mass is 79.9. The van der Waals surface area contributed by atoms with Crippen LogP contribution >= 0.6 is 27.3 Å². The van der Waals surface area contributed by atoms with E-state index in [1.165, 1.54) is 5.56 Å². The predicted octanol–water partition coefficient (Wildman–Crippen LogP) is 6.44. The second-order valence-corrected chi connectivity index (χ2v) is 17.9. The number of methoxy groups -OCH3 is 1. The maximum absolute atomic E-state index is 14.9. The number of ether oxygens (including phenoxy) is 1. The minimum atomic E-state index is -1.21. The lowest BCUT2D eigenvalue weighted by molar-refractivity contribution is -0.184. The van der Waals surface area contributed by atoms with Crippen molar-refractivity contribution < 1.29 is 33.7 Å². The molecule has 3 saturated heterocycles. The van der Waals surface area contributed by atoms with Crippen LogP contribution in [-0.4, -0.2) is 87.7 Å². The molecule has 7 rings (SSSR count). The smallest absolute Gasteiger partial charge is 0.439 e. The first-order valence-electron chi connectivity index (χ1n) is 17.7. The summed E-state index contributed by atoms with van der Waals surface area (Å²) in [6.45, 7) is 15.1. The third-order valence-electron chi connectivity index (χ3n) is 12.6. The van der Waals surface area contributed by atoms with Gasteiger partial charge in [0.15, 0.2) is 5.60 Å². The molecule has 2 aromatic heterocycles. The van der Waals surface area contributed by atoms with Gasteiger partial charge in [-0.15, -0.1) is 11.3 Å². The van der Waals surface area contributed by atoms with Crippen LogP contribution in [0.3, 0.4) is 0 Å². The number of rotatable bonds is 6. The second kappa shape index (κ2) is 12.5. The highest BCUT2D eigenvalue weighted by Crippen LogP contribution is 2.50. The normalized spacial score (nSPS) is 30.5. The molecule has 9 nitrogen and oxygen atoms in total. The Morgan fingerprint density at radius 3 is 2.62 bits per heavy atom. The Labute approximate surface area is 309 Å². The SMILES string of the molecule is COc1cc2c(cc1Br)-c1c(-c3cccs3)cc(C(=O)N3CCC[C@]3(C)[C@H](O)CC3([OH2+])C(C)CC4(C)OB([B]OC3(C)C)OC4(C)C)n1CC2. The Balaban J connectivity index is 1.23. The van der Waals surface area contributed by atoms with Gasteiger partial charge in [-0.1, -0.05) is 13.0 Å². The molecule has 13 heteroatoms. The Morgan fingerprint density at radius 1 is 1.16 bits per heavy atom. The van der Waals surface area contributed by atoms with E-state index in [9.17, 15) is 15.0 Å². The molecular weight excluding hydrogens is 718 g/mol. The monoisotopic (exact) mass is 766 g/mol. The zero-order valence-electron chi connectivity index (χ0n) is 30.4. The van der Waals surface area contributed by atoms with E-state index in [1.807, 2.05) is 58.6 Å². The summed E-state index contributed by atoms with van der Waals surface area (Å²) < 4.78 is 27.5. The van der Waals surface area contributed by atoms with Gasteiger partial charge in [0.2, 0.25) is 0 Å². The van der Waals surface area contributed by atoms with Gasteiger partial charge >= 0.3 is 14.4 Å². The van der Waals surface area contributed by atoms with Gasteiger partial charge in [-0.2, -0.15) is 0 Å². The molecule has 1 radical (unpaired) electrons. The van der Waals surface area contributed by atoms with Crippen molar-refractivity contribution >= 4 is 47.6 Å². The molecule has 3 unspecified atom stereocenters. The van der Waals surface area contributed by atoms with Crippen LogP contribution in [0.5, 0.6) is 5.75 Å². The summed E-state index contributed by atoms with van der Waals surface area (Å²) in [6.07, 6.45) is 1.90. The van der Waals surface area contributed by atoms with Crippen LogP contribution in [0, 0.1) is 5.92 Å². The molecule has 1 amide bonds. The number of carbonyl (C=O) groups excluding carboxylic acids is 1. The van der Waals surface area contributed by atoms with E-state index in [1.54, 1.807) is 25.8 Å². The Bertz CT molecular complexity index is 1800. The second-order valence-electron chi connectivity index (χ2n) is 16.1. The summed E-state index contributed by atoms with van der Waals surface area (Å²) in [4.78, 5) is 17.9. The Kier molecular flexibility index (Phi) is 9.06. The molecule has 0 saturated carbocycles. The number of likely N-dealkylation sites (tertiary alicyclic amines) is 1. The first kappa shape index (κ1) is 36.2. The molecule has 6 heterocycles. The molecule has 3 aromatic rings. The summed E-state index contributed by atoms with van der Waals surface area (Å²) in [6, 6.07) is 10.4. The van der Waals surface area contributed by atoms with E-state index in [2.05, 4.69) is 51.0 Å². The number of aliphatic hydroxyl groups excluding tert-OH is 1. The molecule has 2 bridgehead atoms. The molecule has 3 N–H and O–H groups in total. The largest absolute Gasteiger partial charge is 0.496 e. The highest BCUT2D eigenvalue weighted by Gasteiger charge is 2.64. The minimum Gasteiger partial charge on any atom is -0.496 e. The number of benzene rings is 1. The maximum Gasteiger partial charge on any atom is 0.439 e. The van der Waals surface area contributed by atoms with Crippen molar-refractivity contribution in [1.82, 2.24) is 9.47 Å². The van der Waals surface area contributed by atoms with Crippen LogP contribution in [0.15, 0.2) is 40.2 Å². The van der Waals surface area contributed by atoms with Crippen LogP contribution in [0.1, 0.15) is 90.2 Å². The number of amides is 1. The van der Waals surface area contributed by atoms with Crippen molar-refractivity contribution in [3.63, 3.8) is 0 Å². The number of thiophene rings is 1. The average molecular weight is 767 g/mol. The average Bonchev–Trinajstić information content (AvgIpc) is 3.84. The summed E-state index contributed by atoms with van der Waals surface area (Å²) in [7, 11) is 2.60. The lowest BCUT2D eigenvalue weighted by Gasteiger charge is -2.49. The van der Waals surface area contributed by atoms with E-state index in [-0.39, 0.29) is 18.2 Å². The summed E-state index contributed by atoms with van der Waals surface area (Å²) in [5.74, 6) is 0.466. The number of hydrogen-bond donors (Lipinski definition) is 1. The van der Waals surface area contributed by atoms with Gasteiger partial charge in [0.25, 0.3) is 5.91 Å². The number of halogens is 1. The molecule has 5 atom stereocenters. The maximum atomic E-state index is 14.9. The van der Waals surface area contributed by atoms with Gasteiger partial charge < -0.3 is 38.4 Å². The van der Waals surface area contributed by atoms with Gasteiger partial charge in [0.1, 0.15) is 17.0 Å². The van der Waals surface area contributed by atoms with Crippen molar-refractivity contribution in [3.05, 3.63) is 51.4 Å². The van der Waals surface area contributed by atoms with E-state index >= 15 is 0 Å². The summed E-state index contributed by atoms with van der Waals surface area (Å²) >= 11 is 5.35. The van der Waals surface area contributed by atoms with Crippen LogP contribution in [0.25, 0.3) is 21.7 Å². The molecule has 0 aliphatic carbocycles. The third-order valence-corrected chi connectivity index (χ3v) is 14.2. The van der Waals surface area contributed by atoms with Crippen LogP contribution in [0.4, 0.5) is 0 Å². The number of nitrogens with zero attached hydrogens (tertiary/aromatic N) is 2. The minimum absolute atomic E-state index is 0.0911. The number of aryl methyl sites for hydroxylation is 1. The van der Waals surface area contributed by atoms with Gasteiger partial charge in [0.05, 0.1) is 46.5 Å². The molecule has 4 aliphatic rings. The van der Waals surface area contributed by atoms with E-state index < -0.39 is 41.1 Å². The first-order chi connectivity index (χ1) is 23.4. The number of aliphatic hydroxyl groups is 1. The summed E-state index contributed by atoms with van der Waals surface area (Å²) in [5.41, 5.74) is 0.641. The molecule has 267 valence electrons. The van der Waals surface area contributed by atoms with Crippen molar-refractivity contribution in [1.29, 1.82) is 0 Å². The molecule has 1 aromatic carbocycles. The number of aromatic nitrogens is 1. The van der Waals surface area contributed by atoms with Crippen LogP contribution in [0.2, 0.25) is 0 Å². The standard InChI is InChI=1S/C37H48B2BrN2O7S/c1-22-20-36(7)33(2,3)48-39(49-36)38-47-34(4,5)37(22,45)21-30(43)35(6)13-10-14-42(35)32(44)27-19-25(29-11-9-16-50-29)31-24-18-26(40)28(46-8)17-23(24)12-15-41(27)31/h9,11,16-19,22,30,43,45H,10,12-15,20-21H2,1-8H3/p+1/t22?,30-,35-,36?,37?/m1/s1. The van der Waals surface area contributed by atoms with E-state index in [0.717, 1.165) is 44.8 Å². The van der Waals surface area contributed by atoms with Crippen molar-refractivity contribution in [2.45, 2.75) is 121 Å². The molecule has 4 aliphatic heterocycles. The summed E-state index contributed by atoms with van der Waals surface area (Å²) in [5, 5.41) is 24.5. The highest BCUT2D eigenvalue weighted by molar-refractivity contribution is 9.10. The number of hydrogen-bond acceptors (Lipinski definition) is 7. The van der Waals surface area contributed by atoms with Crippen molar-refractivity contribution in [2.24, 2.45) is 5.92 Å². The van der Waals surface area contributed by atoms with E-state index in [4.69, 9.17) is 18.7 Å². The van der Waals surface area contributed by atoms with E-state index in [0.29, 0.717) is 31.6 Å². The Morgan fingerprint density at radius 2 is 1.92 bits per heavy atom. The fraction of sp³-hybridized carbons (Fsp3) is 0.595. The van der Waals surface area contributed by atoms with Crippen molar-refractivity contribution in [2.75, 3.05) is 13.7 Å². The topological polar surface area (TPSA) is 105 Å². The van der Waals surface area contributed by atoms with Crippen LogP contribution < -0.4 is 4.74 Å². The lowest BCUT2D eigenvalue weighted by atomic mass is 9.55. The van der Waals surface area contributed by atoms with Gasteiger partial charge in [-0.05, 0) is 118 Å². The van der Waals surface area contributed by atoms with Gasteiger partial charge in [0, 0.05) is 35.0 Å². The Hall–Kier alpha value is -2.12. The fourth-order valence-corrected chi connectivity index (χ4v) is 10.2. The molecular formula is C37H49B2BrN2O7S+. The number of carbonyl (C=O) groups is 1. The molecule has 0 spiro atoms. The lowest BCUT2D eigenvalue weighted by Crippen LogP contribution is -2.63. The van der Waals surface area contributed by atoms with Crippen molar-refractivity contribution in [3.8, 4) is 27.4 Å². The zero-order chi connectivity index (χ0) is 36.0. The fourth-order valence-electron chi connectivity index (χ4n) is 8.92. The number of fused-ring (bicyclic) bond motifs is 5. The molecule has 3 fully saturated rings. The quantitative estimate of drug-likeness (QED) is 0.229. The third kappa shape index (κ3) is 5.56. The zero-order valence-corrected chi connectivity index (χ0v) is 32.8. The molecule has 50 heavy (non-hydrogen) atoms. The van der Waals surface area contributed by atoms with Gasteiger partial charge in [-0.3, -0.25) is 4.79 Å².